The van der Waals surface area contributed by atoms with Crippen LogP contribution in [0.4, 0.5) is 0 Å². The SMILES string of the molecule is CCCCC1=COC(CCCC[P+](c2ccccc2)(c2ccccc2)c2ccccc2)CO1. The van der Waals surface area contributed by atoms with E-state index in [2.05, 4.69) is 97.9 Å². The quantitative estimate of drug-likeness (QED) is 0.238. The van der Waals surface area contributed by atoms with Crippen molar-refractivity contribution in [3.05, 3.63) is 103 Å². The van der Waals surface area contributed by atoms with Crippen LogP contribution in [0.1, 0.15) is 45.4 Å². The van der Waals surface area contributed by atoms with E-state index in [1.807, 2.05) is 6.26 Å². The standard InChI is InChI=1S/C30H36O2P/c1-2-3-15-26-24-32-27(25-31-26)16-13-14-23-33(28-17-7-4-8-18-28,29-19-9-5-10-20-29)30-21-11-6-12-22-30/h4-12,17-22,24,27H,2-3,13-16,23,25H2,1H3/q+1. The first-order valence-electron chi connectivity index (χ1n) is 12.3. The summed E-state index contributed by atoms with van der Waals surface area (Å²) in [6, 6.07) is 33.4. The third-order valence-electron chi connectivity index (χ3n) is 6.48. The van der Waals surface area contributed by atoms with E-state index in [0.717, 1.165) is 37.6 Å². The van der Waals surface area contributed by atoms with Gasteiger partial charge >= 0.3 is 0 Å². The van der Waals surface area contributed by atoms with Crippen LogP contribution in [0.15, 0.2) is 103 Å². The summed E-state index contributed by atoms with van der Waals surface area (Å²) in [4.78, 5) is 0. The lowest BCUT2D eigenvalue weighted by Gasteiger charge is -2.28. The van der Waals surface area contributed by atoms with E-state index in [1.165, 1.54) is 28.8 Å². The largest absolute Gasteiger partial charge is 0.491 e. The Labute approximate surface area is 200 Å². The van der Waals surface area contributed by atoms with Crippen LogP contribution in [-0.2, 0) is 9.47 Å². The minimum atomic E-state index is -1.73. The number of ether oxygens (including phenoxy) is 2. The lowest BCUT2D eigenvalue weighted by Crippen LogP contribution is -2.33. The second-order valence-electron chi connectivity index (χ2n) is 8.79. The molecule has 2 nitrogen and oxygen atoms in total. The molecule has 0 N–H and O–H groups in total. The van der Waals surface area contributed by atoms with Gasteiger partial charge in [-0.15, -0.1) is 0 Å². The normalized spacial score (nSPS) is 15.9. The Bertz CT molecular complexity index is 889. The Hall–Kier alpha value is -2.57. The van der Waals surface area contributed by atoms with Crippen molar-refractivity contribution in [1.82, 2.24) is 0 Å². The Morgan fingerprint density at radius 1 is 0.727 bits per heavy atom. The van der Waals surface area contributed by atoms with E-state index in [-0.39, 0.29) is 6.10 Å². The first kappa shape index (κ1) is 23.6. The highest BCUT2D eigenvalue weighted by Gasteiger charge is 2.44. The van der Waals surface area contributed by atoms with Gasteiger partial charge in [0.15, 0.2) is 0 Å². The molecule has 1 atom stereocenters. The number of allylic oxidation sites excluding steroid dienone is 1. The maximum Gasteiger partial charge on any atom is 0.132 e. The van der Waals surface area contributed by atoms with E-state index in [9.17, 15) is 0 Å². The second-order valence-corrected chi connectivity index (χ2v) is 12.4. The molecule has 0 saturated carbocycles. The van der Waals surface area contributed by atoms with E-state index in [1.54, 1.807) is 0 Å². The van der Waals surface area contributed by atoms with Crippen molar-refractivity contribution in [2.75, 3.05) is 12.8 Å². The molecule has 0 aromatic heterocycles. The third kappa shape index (κ3) is 5.87. The van der Waals surface area contributed by atoms with Crippen molar-refractivity contribution in [2.24, 2.45) is 0 Å². The zero-order chi connectivity index (χ0) is 22.8. The molecule has 0 radical (unpaired) electrons. The molecule has 0 bridgehead atoms. The maximum absolute atomic E-state index is 6.00. The number of unbranched alkanes of at least 4 members (excludes halogenated alkanes) is 2. The lowest BCUT2D eigenvalue weighted by atomic mass is 10.1. The molecule has 33 heavy (non-hydrogen) atoms. The molecule has 0 fully saturated rings. The van der Waals surface area contributed by atoms with E-state index in [4.69, 9.17) is 9.47 Å². The Morgan fingerprint density at radius 3 is 1.73 bits per heavy atom. The van der Waals surface area contributed by atoms with Crippen molar-refractivity contribution in [1.29, 1.82) is 0 Å². The van der Waals surface area contributed by atoms with E-state index >= 15 is 0 Å². The van der Waals surface area contributed by atoms with E-state index in [0.29, 0.717) is 6.61 Å². The highest BCUT2D eigenvalue weighted by Crippen LogP contribution is 2.56. The molecule has 0 spiro atoms. The maximum atomic E-state index is 6.00. The third-order valence-corrected chi connectivity index (χ3v) is 11.0. The summed E-state index contributed by atoms with van der Waals surface area (Å²) < 4.78 is 11.9. The van der Waals surface area contributed by atoms with Crippen molar-refractivity contribution >= 4 is 23.2 Å². The van der Waals surface area contributed by atoms with Crippen molar-refractivity contribution < 1.29 is 9.47 Å². The van der Waals surface area contributed by atoms with Gasteiger partial charge in [-0.3, -0.25) is 0 Å². The monoisotopic (exact) mass is 459 g/mol. The fourth-order valence-corrected chi connectivity index (χ4v) is 9.09. The van der Waals surface area contributed by atoms with Crippen LogP contribution in [0.3, 0.4) is 0 Å². The zero-order valence-corrected chi connectivity index (χ0v) is 20.6. The van der Waals surface area contributed by atoms with Crippen molar-refractivity contribution in [3.8, 4) is 0 Å². The van der Waals surface area contributed by atoms with Crippen LogP contribution < -0.4 is 15.9 Å². The summed E-state index contributed by atoms with van der Waals surface area (Å²) >= 11 is 0. The minimum Gasteiger partial charge on any atom is -0.491 e. The predicted octanol–water partition coefficient (Wildman–Crippen LogP) is 6.60. The molecule has 3 heteroatoms. The summed E-state index contributed by atoms with van der Waals surface area (Å²) in [5, 5.41) is 4.38. The number of rotatable bonds is 11. The van der Waals surface area contributed by atoms with Gasteiger partial charge in [-0.05, 0) is 62.1 Å². The summed E-state index contributed by atoms with van der Waals surface area (Å²) in [7, 11) is -1.73. The van der Waals surface area contributed by atoms with Gasteiger partial charge in [-0.2, -0.15) is 0 Å². The molecule has 1 aliphatic heterocycles. The van der Waals surface area contributed by atoms with Gasteiger partial charge in [0.05, 0.1) is 6.16 Å². The van der Waals surface area contributed by atoms with Crippen molar-refractivity contribution in [3.63, 3.8) is 0 Å². The average Bonchev–Trinajstić information content (AvgIpc) is 2.90. The van der Waals surface area contributed by atoms with E-state index < -0.39 is 7.26 Å². The molecule has 0 aliphatic carbocycles. The summed E-state index contributed by atoms with van der Waals surface area (Å²) in [6.07, 6.45) is 9.86. The molecular weight excluding hydrogens is 423 g/mol. The summed E-state index contributed by atoms with van der Waals surface area (Å²) in [6.45, 7) is 2.89. The van der Waals surface area contributed by atoms with Gasteiger partial charge in [-0.1, -0.05) is 67.9 Å². The molecule has 0 saturated heterocycles. The fraction of sp³-hybridized carbons (Fsp3) is 0.333. The van der Waals surface area contributed by atoms with Gasteiger partial charge in [0.25, 0.3) is 0 Å². The minimum absolute atomic E-state index is 0.174. The van der Waals surface area contributed by atoms with Crippen LogP contribution in [0, 0.1) is 0 Å². The van der Waals surface area contributed by atoms with Gasteiger partial charge in [-0.25, -0.2) is 0 Å². The van der Waals surface area contributed by atoms with Crippen LogP contribution >= 0.6 is 7.26 Å². The Balaban J connectivity index is 1.50. The van der Waals surface area contributed by atoms with Gasteiger partial charge in [0, 0.05) is 6.42 Å². The van der Waals surface area contributed by atoms with Crippen LogP contribution in [0.2, 0.25) is 0 Å². The average molecular weight is 460 g/mol. The molecule has 0 amide bonds. The second kappa shape index (κ2) is 12.1. The van der Waals surface area contributed by atoms with Gasteiger partial charge in [0.2, 0.25) is 0 Å². The first-order valence-corrected chi connectivity index (χ1v) is 14.3. The number of benzene rings is 3. The molecule has 1 aliphatic rings. The highest BCUT2D eigenvalue weighted by molar-refractivity contribution is 7.95. The van der Waals surface area contributed by atoms with Gasteiger partial charge in [0.1, 0.15) is 47.9 Å². The zero-order valence-electron chi connectivity index (χ0n) is 19.7. The number of hydrogen-bond donors (Lipinski definition) is 0. The van der Waals surface area contributed by atoms with Gasteiger partial charge < -0.3 is 9.47 Å². The topological polar surface area (TPSA) is 18.5 Å². The Kier molecular flexibility index (Phi) is 8.61. The number of hydrogen-bond acceptors (Lipinski definition) is 2. The molecule has 172 valence electrons. The smallest absolute Gasteiger partial charge is 0.132 e. The van der Waals surface area contributed by atoms with Crippen LogP contribution in [0.25, 0.3) is 0 Å². The summed E-state index contributed by atoms with van der Waals surface area (Å²) in [5.41, 5.74) is 0. The predicted molar refractivity (Wildman–Crippen MR) is 142 cm³/mol. The van der Waals surface area contributed by atoms with Crippen molar-refractivity contribution in [2.45, 2.75) is 51.6 Å². The lowest BCUT2D eigenvalue weighted by molar-refractivity contribution is 0.00768. The fourth-order valence-electron chi connectivity index (χ4n) is 4.68. The molecule has 3 aromatic carbocycles. The first-order chi connectivity index (χ1) is 16.3. The van der Waals surface area contributed by atoms with Crippen LogP contribution in [0.5, 0.6) is 0 Å². The highest BCUT2D eigenvalue weighted by atomic mass is 31.2. The molecule has 1 unspecified atom stereocenters. The molecule has 3 aromatic rings. The molecular formula is C30H36O2P+. The summed E-state index contributed by atoms with van der Waals surface area (Å²) in [5.74, 6) is 1.01. The molecule has 1 heterocycles. The van der Waals surface area contributed by atoms with Crippen LogP contribution in [-0.4, -0.2) is 18.9 Å². The molecule has 4 rings (SSSR count). The Morgan fingerprint density at radius 2 is 1.27 bits per heavy atom.